The summed E-state index contributed by atoms with van der Waals surface area (Å²) in [7, 11) is 1.53. The van der Waals surface area contributed by atoms with Crippen molar-refractivity contribution in [3.8, 4) is 5.75 Å². The molecule has 3 N–H and O–H groups in total. The van der Waals surface area contributed by atoms with Gasteiger partial charge in [-0.25, -0.2) is 0 Å². The molecule has 106 valence electrons. The summed E-state index contributed by atoms with van der Waals surface area (Å²) >= 11 is 0. The van der Waals surface area contributed by atoms with Crippen LogP contribution in [0.15, 0.2) is 42.5 Å². The van der Waals surface area contributed by atoms with Crippen LogP contribution >= 0.6 is 0 Å². The van der Waals surface area contributed by atoms with Crippen LogP contribution in [0.5, 0.6) is 5.75 Å². The fourth-order valence-corrected chi connectivity index (χ4v) is 3.30. The molecule has 2 atom stereocenters. The number of benzene rings is 2. The first-order valence-electron chi connectivity index (χ1n) is 6.58. The molecule has 0 aromatic heterocycles. The van der Waals surface area contributed by atoms with Crippen LogP contribution in [-0.2, 0) is 5.60 Å². The predicted octanol–water partition coefficient (Wildman–Crippen LogP) is 1.24. The summed E-state index contributed by atoms with van der Waals surface area (Å²) < 4.78 is 5.14. The second kappa shape index (κ2) is 3.63. The Balaban J connectivity index is 2.03. The fraction of sp³-hybridized carbons (Fsp3) is 0.188. The Bertz CT molecular complexity index is 788. The van der Waals surface area contributed by atoms with Gasteiger partial charge in [0, 0.05) is 28.4 Å². The number of carbonyl (C=O) groups is 1. The summed E-state index contributed by atoms with van der Waals surface area (Å²) in [5.41, 5.74) is -2.18. The van der Waals surface area contributed by atoms with Crippen LogP contribution in [0.2, 0.25) is 0 Å². The molecular weight excluding hydrogens is 270 g/mol. The van der Waals surface area contributed by atoms with Gasteiger partial charge in [0.1, 0.15) is 5.75 Å². The maximum absolute atomic E-state index is 12.5. The van der Waals surface area contributed by atoms with Crippen LogP contribution in [0.1, 0.15) is 21.5 Å². The molecular formula is C16H13NO4. The molecule has 2 aromatic rings. The molecule has 1 heterocycles. The van der Waals surface area contributed by atoms with Crippen molar-refractivity contribution in [1.29, 1.82) is 0 Å². The SMILES string of the molecule is COc1ccc2c(c1)NC1(O)C(=O)c3ccccc3C21O. The highest BCUT2D eigenvalue weighted by Gasteiger charge is 2.67. The molecule has 0 fully saturated rings. The van der Waals surface area contributed by atoms with Crippen molar-refractivity contribution in [3.63, 3.8) is 0 Å². The van der Waals surface area contributed by atoms with E-state index in [1.54, 1.807) is 42.5 Å². The molecule has 0 radical (unpaired) electrons. The molecule has 4 rings (SSSR count). The van der Waals surface area contributed by atoms with Crippen molar-refractivity contribution in [2.24, 2.45) is 0 Å². The third kappa shape index (κ3) is 1.21. The maximum atomic E-state index is 12.5. The number of carbonyl (C=O) groups excluding carboxylic acids is 1. The highest BCUT2D eigenvalue weighted by atomic mass is 16.5. The van der Waals surface area contributed by atoms with Gasteiger partial charge in [-0.2, -0.15) is 0 Å². The van der Waals surface area contributed by atoms with Gasteiger partial charge in [0.15, 0.2) is 5.60 Å². The Morgan fingerprint density at radius 1 is 1.10 bits per heavy atom. The molecule has 21 heavy (non-hydrogen) atoms. The maximum Gasteiger partial charge on any atom is 0.239 e. The minimum Gasteiger partial charge on any atom is -0.497 e. The number of Topliss-reactive ketones (excluding diaryl/α,β-unsaturated/α-hetero) is 1. The number of nitrogens with one attached hydrogen (secondary N) is 1. The van der Waals surface area contributed by atoms with Gasteiger partial charge in [0.25, 0.3) is 0 Å². The zero-order valence-electron chi connectivity index (χ0n) is 11.3. The molecule has 0 bridgehead atoms. The average molecular weight is 283 g/mol. The van der Waals surface area contributed by atoms with E-state index in [1.807, 2.05) is 0 Å². The lowest BCUT2D eigenvalue weighted by Gasteiger charge is -2.30. The molecule has 1 aliphatic carbocycles. The van der Waals surface area contributed by atoms with Crippen molar-refractivity contribution in [2.75, 3.05) is 12.4 Å². The third-order valence-corrected chi connectivity index (χ3v) is 4.35. The molecule has 0 amide bonds. The molecule has 2 aromatic carbocycles. The second-order valence-corrected chi connectivity index (χ2v) is 5.33. The Hall–Kier alpha value is -2.37. The average Bonchev–Trinajstić information content (AvgIpc) is 2.84. The zero-order chi connectivity index (χ0) is 14.8. The summed E-state index contributed by atoms with van der Waals surface area (Å²) in [6, 6.07) is 11.7. The number of fused-ring (bicyclic) bond motifs is 5. The van der Waals surface area contributed by atoms with Gasteiger partial charge in [0.2, 0.25) is 11.5 Å². The minimum absolute atomic E-state index is 0.330. The van der Waals surface area contributed by atoms with E-state index >= 15 is 0 Å². The van der Waals surface area contributed by atoms with Crippen LogP contribution in [0, 0.1) is 0 Å². The number of aliphatic hydroxyl groups is 2. The van der Waals surface area contributed by atoms with Gasteiger partial charge >= 0.3 is 0 Å². The van der Waals surface area contributed by atoms with Crippen molar-refractivity contribution in [3.05, 3.63) is 59.2 Å². The van der Waals surface area contributed by atoms with Crippen molar-refractivity contribution >= 4 is 11.5 Å². The first kappa shape index (κ1) is 12.4. The number of ether oxygens (including phenoxy) is 1. The summed E-state index contributed by atoms with van der Waals surface area (Å²) in [4.78, 5) is 12.5. The zero-order valence-corrected chi connectivity index (χ0v) is 11.3. The van der Waals surface area contributed by atoms with Crippen LogP contribution in [0.4, 0.5) is 5.69 Å². The van der Waals surface area contributed by atoms with E-state index in [1.165, 1.54) is 7.11 Å². The first-order valence-corrected chi connectivity index (χ1v) is 6.58. The van der Waals surface area contributed by atoms with Gasteiger partial charge < -0.3 is 20.3 Å². The standard InChI is InChI=1S/C16H13NO4/c1-21-9-6-7-12-13(8-9)17-16(20)14(18)10-4-2-3-5-11(10)15(12,16)19/h2-8,17,19-20H,1H3. The largest absolute Gasteiger partial charge is 0.497 e. The smallest absolute Gasteiger partial charge is 0.239 e. The molecule has 2 aliphatic rings. The molecule has 1 aliphatic heterocycles. The van der Waals surface area contributed by atoms with Crippen LogP contribution < -0.4 is 10.1 Å². The van der Waals surface area contributed by atoms with Crippen molar-refractivity contribution in [1.82, 2.24) is 0 Å². The molecule has 2 unspecified atom stereocenters. The molecule has 0 saturated heterocycles. The normalized spacial score (nSPS) is 28.6. The van der Waals surface area contributed by atoms with E-state index < -0.39 is 17.1 Å². The fourth-order valence-electron chi connectivity index (χ4n) is 3.30. The van der Waals surface area contributed by atoms with Crippen LogP contribution in [0.3, 0.4) is 0 Å². The van der Waals surface area contributed by atoms with E-state index in [0.29, 0.717) is 28.1 Å². The number of ketones is 1. The van der Waals surface area contributed by atoms with Crippen LogP contribution in [0.25, 0.3) is 0 Å². The highest BCUT2D eigenvalue weighted by molar-refractivity contribution is 6.12. The quantitative estimate of drug-likeness (QED) is 0.734. The van der Waals surface area contributed by atoms with Crippen molar-refractivity contribution < 1.29 is 19.7 Å². The topological polar surface area (TPSA) is 78.8 Å². The Morgan fingerprint density at radius 3 is 2.62 bits per heavy atom. The number of hydrogen-bond donors (Lipinski definition) is 3. The molecule has 5 heteroatoms. The number of rotatable bonds is 1. The Labute approximate surface area is 120 Å². The van der Waals surface area contributed by atoms with E-state index in [-0.39, 0.29) is 0 Å². The predicted molar refractivity (Wildman–Crippen MR) is 75.3 cm³/mol. The lowest BCUT2D eigenvalue weighted by atomic mass is 9.85. The summed E-state index contributed by atoms with van der Waals surface area (Å²) in [6.45, 7) is 0. The lowest BCUT2D eigenvalue weighted by molar-refractivity contribution is -0.0716. The van der Waals surface area contributed by atoms with Gasteiger partial charge in [0.05, 0.1) is 7.11 Å². The molecule has 5 nitrogen and oxygen atoms in total. The Kier molecular flexibility index (Phi) is 2.14. The number of hydrogen-bond acceptors (Lipinski definition) is 5. The van der Waals surface area contributed by atoms with E-state index in [9.17, 15) is 15.0 Å². The second-order valence-electron chi connectivity index (χ2n) is 5.33. The molecule has 0 saturated carbocycles. The van der Waals surface area contributed by atoms with Crippen LogP contribution in [-0.4, -0.2) is 28.8 Å². The Morgan fingerprint density at radius 2 is 1.86 bits per heavy atom. The first-order chi connectivity index (χ1) is 10.0. The minimum atomic E-state index is -2.08. The van der Waals surface area contributed by atoms with Crippen molar-refractivity contribution in [2.45, 2.75) is 11.3 Å². The monoisotopic (exact) mass is 283 g/mol. The van der Waals surface area contributed by atoms with Gasteiger partial charge in [-0.3, -0.25) is 4.79 Å². The summed E-state index contributed by atoms with van der Waals surface area (Å²) in [6.07, 6.45) is 0. The van der Waals surface area contributed by atoms with E-state index in [2.05, 4.69) is 5.32 Å². The summed E-state index contributed by atoms with van der Waals surface area (Å²) in [5.74, 6) is 0.0462. The molecule has 0 spiro atoms. The van der Waals surface area contributed by atoms with Gasteiger partial charge in [-0.1, -0.05) is 24.3 Å². The summed E-state index contributed by atoms with van der Waals surface area (Å²) in [5, 5.41) is 24.7. The van der Waals surface area contributed by atoms with Gasteiger partial charge in [-0.15, -0.1) is 0 Å². The van der Waals surface area contributed by atoms with E-state index in [4.69, 9.17) is 4.74 Å². The lowest BCUT2D eigenvalue weighted by Crippen LogP contribution is -2.54. The number of anilines is 1. The van der Waals surface area contributed by atoms with E-state index in [0.717, 1.165) is 0 Å². The number of methoxy groups -OCH3 is 1. The third-order valence-electron chi connectivity index (χ3n) is 4.35. The highest BCUT2D eigenvalue weighted by Crippen LogP contribution is 2.55. The van der Waals surface area contributed by atoms with Gasteiger partial charge in [-0.05, 0) is 12.1 Å².